The Morgan fingerprint density at radius 3 is 3.00 bits per heavy atom. The summed E-state index contributed by atoms with van der Waals surface area (Å²) in [6.07, 6.45) is 6.93. The predicted octanol–water partition coefficient (Wildman–Crippen LogP) is 3.46. The molecular weight excluding hydrogens is 362 g/mol. The van der Waals surface area contributed by atoms with Crippen LogP contribution in [0.25, 0.3) is 0 Å². The molecule has 2 unspecified atom stereocenters. The first-order valence-electron chi connectivity index (χ1n) is 9.57. The van der Waals surface area contributed by atoms with Gasteiger partial charge in [-0.25, -0.2) is 9.98 Å². The number of hydrogen-bond donors (Lipinski definition) is 1. The highest BCUT2D eigenvalue weighted by Gasteiger charge is 2.28. The van der Waals surface area contributed by atoms with E-state index < -0.39 is 0 Å². The number of aliphatic imine (C=N–C) groups is 1. The van der Waals surface area contributed by atoms with E-state index >= 15 is 0 Å². The van der Waals surface area contributed by atoms with E-state index in [1.807, 2.05) is 43.0 Å². The van der Waals surface area contributed by atoms with Gasteiger partial charge in [0.2, 0.25) is 0 Å². The molecule has 7 heteroatoms. The maximum Gasteiger partial charge on any atom is 0.194 e. The Labute approximate surface area is 166 Å². The van der Waals surface area contributed by atoms with Crippen molar-refractivity contribution in [3.63, 3.8) is 0 Å². The molecule has 2 atom stereocenters. The van der Waals surface area contributed by atoms with E-state index in [4.69, 9.17) is 21.3 Å². The Morgan fingerprint density at radius 1 is 1.41 bits per heavy atom. The summed E-state index contributed by atoms with van der Waals surface area (Å²) in [7, 11) is 0. The number of para-hydroxylation sites is 1. The molecule has 1 aliphatic rings. The maximum absolute atomic E-state index is 6.13. The number of nitrogens with zero attached hydrogens (tertiary/aromatic N) is 4. The molecule has 1 saturated heterocycles. The molecule has 1 aromatic heterocycles. The number of imidazole rings is 1. The van der Waals surface area contributed by atoms with Crippen molar-refractivity contribution >= 4 is 17.6 Å². The van der Waals surface area contributed by atoms with Crippen molar-refractivity contribution in [3.8, 4) is 5.75 Å². The average Bonchev–Trinajstić information content (AvgIpc) is 3.20. The fourth-order valence-electron chi connectivity index (χ4n) is 3.39. The van der Waals surface area contributed by atoms with Gasteiger partial charge >= 0.3 is 0 Å². The SMILES string of the molecule is CCNC(=NCCOc1ccccc1Cl)N1CCC(C)C(n2ccnc2)C1. The summed E-state index contributed by atoms with van der Waals surface area (Å²) in [6.45, 7) is 8.24. The zero-order valence-electron chi connectivity index (χ0n) is 16.0. The summed E-state index contributed by atoms with van der Waals surface area (Å²) in [4.78, 5) is 11.3. The van der Waals surface area contributed by atoms with Crippen molar-refractivity contribution in [2.75, 3.05) is 32.8 Å². The third-order valence-electron chi connectivity index (χ3n) is 4.91. The zero-order chi connectivity index (χ0) is 19.1. The van der Waals surface area contributed by atoms with Crippen LogP contribution < -0.4 is 10.1 Å². The normalized spacial score (nSPS) is 20.6. The third kappa shape index (κ3) is 5.16. The van der Waals surface area contributed by atoms with Gasteiger partial charge in [-0.2, -0.15) is 0 Å². The van der Waals surface area contributed by atoms with Gasteiger partial charge < -0.3 is 19.5 Å². The molecule has 0 spiro atoms. The van der Waals surface area contributed by atoms with Gasteiger partial charge in [0.25, 0.3) is 0 Å². The minimum absolute atomic E-state index is 0.407. The van der Waals surface area contributed by atoms with Crippen LogP contribution in [0.5, 0.6) is 5.75 Å². The van der Waals surface area contributed by atoms with Crippen LogP contribution in [-0.2, 0) is 0 Å². The molecular formula is C20H28ClN5O. The number of nitrogens with one attached hydrogen (secondary N) is 1. The van der Waals surface area contributed by atoms with Crippen molar-refractivity contribution in [1.29, 1.82) is 0 Å². The van der Waals surface area contributed by atoms with Crippen LogP contribution in [0, 0.1) is 5.92 Å². The number of likely N-dealkylation sites (tertiary alicyclic amines) is 1. The summed E-state index contributed by atoms with van der Waals surface area (Å²) < 4.78 is 7.96. The molecule has 2 aromatic rings. The van der Waals surface area contributed by atoms with Gasteiger partial charge in [0.15, 0.2) is 5.96 Å². The average molecular weight is 390 g/mol. The zero-order valence-corrected chi connectivity index (χ0v) is 16.8. The van der Waals surface area contributed by atoms with Crippen molar-refractivity contribution in [2.24, 2.45) is 10.9 Å². The molecule has 146 valence electrons. The Kier molecular flexibility index (Phi) is 6.98. The molecule has 0 saturated carbocycles. The lowest BCUT2D eigenvalue weighted by Gasteiger charge is -2.39. The van der Waals surface area contributed by atoms with Crippen LogP contribution >= 0.6 is 11.6 Å². The minimum atomic E-state index is 0.407. The molecule has 1 aromatic carbocycles. The maximum atomic E-state index is 6.13. The highest BCUT2D eigenvalue weighted by Crippen LogP contribution is 2.27. The standard InChI is InChI=1S/C20H28ClN5O/c1-3-23-20(24-10-13-27-19-7-5-4-6-17(19)21)25-11-8-16(2)18(14-25)26-12-9-22-15-26/h4-7,9,12,15-16,18H,3,8,10-11,13-14H2,1-2H3,(H,23,24). The van der Waals surface area contributed by atoms with Crippen molar-refractivity contribution in [2.45, 2.75) is 26.3 Å². The van der Waals surface area contributed by atoms with E-state index in [1.165, 1.54) is 0 Å². The molecule has 27 heavy (non-hydrogen) atoms. The topological polar surface area (TPSA) is 54.7 Å². The van der Waals surface area contributed by atoms with Gasteiger partial charge in [-0.1, -0.05) is 30.7 Å². The molecule has 0 bridgehead atoms. The van der Waals surface area contributed by atoms with Crippen molar-refractivity contribution in [1.82, 2.24) is 19.8 Å². The number of piperidine rings is 1. The number of benzene rings is 1. The van der Waals surface area contributed by atoms with E-state index in [-0.39, 0.29) is 0 Å². The van der Waals surface area contributed by atoms with E-state index in [1.54, 1.807) is 0 Å². The fourth-order valence-corrected chi connectivity index (χ4v) is 3.58. The van der Waals surface area contributed by atoms with Crippen LogP contribution in [0.4, 0.5) is 0 Å². The van der Waals surface area contributed by atoms with Gasteiger partial charge in [-0.3, -0.25) is 0 Å². The Hall–Kier alpha value is -2.21. The summed E-state index contributed by atoms with van der Waals surface area (Å²) in [5.74, 6) is 2.26. The highest BCUT2D eigenvalue weighted by atomic mass is 35.5. The number of aromatic nitrogens is 2. The largest absolute Gasteiger partial charge is 0.490 e. The fraction of sp³-hybridized carbons (Fsp3) is 0.500. The molecule has 0 aliphatic carbocycles. The molecule has 1 aliphatic heterocycles. The highest BCUT2D eigenvalue weighted by molar-refractivity contribution is 6.32. The predicted molar refractivity (Wildman–Crippen MR) is 110 cm³/mol. The van der Waals surface area contributed by atoms with Gasteiger partial charge in [-0.05, 0) is 31.4 Å². The van der Waals surface area contributed by atoms with E-state index in [0.29, 0.717) is 35.9 Å². The van der Waals surface area contributed by atoms with Crippen LogP contribution in [0.1, 0.15) is 26.3 Å². The molecule has 3 rings (SSSR count). The third-order valence-corrected chi connectivity index (χ3v) is 5.22. The monoisotopic (exact) mass is 389 g/mol. The first kappa shape index (κ1) is 19.5. The Morgan fingerprint density at radius 2 is 2.26 bits per heavy atom. The van der Waals surface area contributed by atoms with E-state index in [0.717, 1.165) is 32.0 Å². The molecule has 1 fully saturated rings. The minimum Gasteiger partial charge on any atom is -0.490 e. The summed E-state index contributed by atoms with van der Waals surface area (Å²) in [6, 6.07) is 7.92. The van der Waals surface area contributed by atoms with Crippen LogP contribution in [-0.4, -0.2) is 53.2 Å². The van der Waals surface area contributed by atoms with Gasteiger partial charge in [0, 0.05) is 32.0 Å². The van der Waals surface area contributed by atoms with E-state index in [2.05, 4.69) is 33.6 Å². The van der Waals surface area contributed by atoms with Crippen LogP contribution in [0.15, 0.2) is 48.0 Å². The lowest BCUT2D eigenvalue weighted by molar-refractivity contribution is 0.188. The second kappa shape index (κ2) is 9.65. The summed E-state index contributed by atoms with van der Waals surface area (Å²) in [5.41, 5.74) is 0. The van der Waals surface area contributed by atoms with Gasteiger partial charge in [-0.15, -0.1) is 0 Å². The van der Waals surface area contributed by atoms with E-state index in [9.17, 15) is 0 Å². The first-order chi connectivity index (χ1) is 13.2. The van der Waals surface area contributed by atoms with Crippen LogP contribution in [0.3, 0.4) is 0 Å². The number of rotatable bonds is 6. The summed E-state index contributed by atoms with van der Waals surface area (Å²) >= 11 is 6.13. The Balaban J connectivity index is 1.60. The second-order valence-corrected chi connectivity index (χ2v) is 7.21. The molecule has 0 radical (unpaired) electrons. The number of halogens is 1. The number of hydrogen-bond acceptors (Lipinski definition) is 3. The lowest BCUT2D eigenvalue weighted by Crippen LogP contribution is -2.49. The number of ether oxygens (including phenoxy) is 1. The first-order valence-corrected chi connectivity index (χ1v) is 9.95. The molecule has 0 amide bonds. The smallest absolute Gasteiger partial charge is 0.194 e. The van der Waals surface area contributed by atoms with Crippen LogP contribution in [0.2, 0.25) is 5.02 Å². The second-order valence-electron chi connectivity index (χ2n) is 6.80. The summed E-state index contributed by atoms with van der Waals surface area (Å²) in [5, 5.41) is 4.04. The van der Waals surface area contributed by atoms with Crippen molar-refractivity contribution in [3.05, 3.63) is 48.0 Å². The quantitative estimate of drug-likeness (QED) is 0.467. The molecule has 2 heterocycles. The molecule has 1 N–H and O–H groups in total. The van der Waals surface area contributed by atoms with Crippen molar-refractivity contribution < 1.29 is 4.74 Å². The van der Waals surface area contributed by atoms with Gasteiger partial charge in [0.1, 0.15) is 12.4 Å². The van der Waals surface area contributed by atoms with Gasteiger partial charge in [0.05, 0.1) is 23.9 Å². The lowest BCUT2D eigenvalue weighted by atomic mass is 9.93. The Bertz CT molecular complexity index is 734. The molecule has 6 nitrogen and oxygen atoms in total. The number of guanidine groups is 1.